The fourth-order valence-electron chi connectivity index (χ4n) is 6.94. The van der Waals surface area contributed by atoms with Gasteiger partial charge in [-0.2, -0.15) is 0 Å². The Morgan fingerprint density at radius 1 is 1.13 bits per heavy atom. The van der Waals surface area contributed by atoms with Crippen molar-refractivity contribution < 1.29 is 28.2 Å². The molecule has 4 aliphatic rings. The monoisotopic (exact) mass is 673 g/mol. The highest BCUT2D eigenvalue weighted by atomic mass is 35.5. The van der Waals surface area contributed by atoms with Crippen LogP contribution in [0.3, 0.4) is 0 Å². The van der Waals surface area contributed by atoms with Crippen molar-refractivity contribution in [3.63, 3.8) is 0 Å². The standard InChI is InChI=1S/C31H37ClFN7O5S/c1-17(2)39-14-19(12-24(39)29(41)44-3)40-15-20-13-37(8-9-38(20)31(40)43)16-23-25(30(42)45-4)26(21-6-5-18(33)11-22(21)32)36-27(35-23)28-34-7-10-46-28/h5-7,10-11,17,19-20,24,26H,8-9,12-16H2,1-4H3,(H,35,36)/t19-,20?,24+,26?/m1/s1. The molecule has 15 heteroatoms. The first-order valence-corrected chi connectivity index (χ1v) is 16.5. The van der Waals surface area contributed by atoms with E-state index < -0.39 is 17.8 Å². The molecule has 12 nitrogen and oxygen atoms in total. The van der Waals surface area contributed by atoms with Crippen LogP contribution in [0.15, 0.2) is 46.0 Å². The van der Waals surface area contributed by atoms with Crippen LogP contribution in [0.5, 0.6) is 0 Å². The molecule has 2 amide bonds. The van der Waals surface area contributed by atoms with Crippen LogP contribution < -0.4 is 5.32 Å². The second-order valence-electron chi connectivity index (χ2n) is 12.1. The van der Waals surface area contributed by atoms with E-state index in [4.69, 9.17) is 26.1 Å². The average Bonchev–Trinajstić information content (AvgIpc) is 3.80. The first kappa shape index (κ1) is 32.4. The Kier molecular flexibility index (Phi) is 9.33. The van der Waals surface area contributed by atoms with Gasteiger partial charge in [-0.1, -0.05) is 17.7 Å². The van der Waals surface area contributed by atoms with E-state index in [1.54, 1.807) is 6.20 Å². The highest BCUT2D eigenvalue weighted by Gasteiger charge is 2.48. The zero-order valence-electron chi connectivity index (χ0n) is 26.1. The number of fused-ring (bicyclic) bond motifs is 1. The molecule has 0 saturated carbocycles. The van der Waals surface area contributed by atoms with Gasteiger partial charge in [0.1, 0.15) is 17.9 Å². The Balaban J connectivity index is 1.24. The number of amidine groups is 1. The minimum Gasteiger partial charge on any atom is -0.468 e. The van der Waals surface area contributed by atoms with E-state index in [2.05, 4.69) is 20.1 Å². The molecule has 6 rings (SSSR count). The number of amides is 2. The number of benzene rings is 1. The third kappa shape index (κ3) is 6.10. The van der Waals surface area contributed by atoms with Crippen LogP contribution in [0.2, 0.25) is 5.02 Å². The summed E-state index contributed by atoms with van der Waals surface area (Å²) >= 11 is 7.89. The largest absolute Gasteiger partial charge is 0.468 e. The Bertz CT molecular complexity index is 1570. The van der Waals surface area contributed by atoms with Gasteiger partial charge in [0.05, 0.1) is 25.8 Å². The minimum absolute atomic E-state index is 0.0154. The number of methoxy groups -OCH3 is 2. The summed E-state index contributed by atoms with van der Waals surface area (Å²) in [6.07, 6.45) is 2.20. The van der Waals surface area contributed by atoms with E-state index in [9.17, 15) is 18.8 Å². The molecule has 0 bridgehead atoms. The molecule has 3 fully saturated rings. The summed E-state index contributed by atoms with van der Waals surface area (Å²) in [5.41, 5.74) is 1.32. The smallest absolute Gasteiger partial charge is 0.338 e. The van der Waals surface area contributed by atoms with E-state index in [0.29, 0.717) is 67.8 Å². The number of hydrogen-bond donors (Lipinski definition) is 1. The molecule has 2 unspecified atom stereocenters. The summed E-state index contributed by atoms with van der Waals surface area (Å²) in [7, 11) is 2.70. The summed E-state index contributed by atoms with van der Waals surface area (Å²) in [4.78, 5) is 56.8. The van der Waals surface area contributed by atoms with Crippen molar-refractivity contribution in [2.45, 2.75) is 50.5 Å². The van der Waals surface area contributed by atoms with Gasteiger partial charge in [-0.05, 0) is 32.4 Å². The zero-order valence-corrected chi connectivity index (χ0v) is 27.7. The van der Waals surface area contributed by atoms with Crippen molar-refractivity contribution in [2.24, 2.45) is 4.99 Å². The predicted molar refractivity (Wildman–Crippen MR) is 170 cm³/mol. The number of carbonyl (C=O) groups excluding carboxylic acids is 3. The molecule has 3 saturated heterocycles. The van der Waals surface area contributed by atoms with E-state index >= 15 is 0 Å². The predicted octanol–water partition coefficient (Wildman–Crippen LogP) is 2.90. The number of urea groups is 1. The molecule has 0 aliphatic carbocycles. The van der Waals surface area contributed by atoms with Gasteiger partial charge in [0.15, 0.2) is 10.8 Å². The van der Waals surface area contributed by atoms with Crippen molar-refractivity contribution in [2.75, 3.05) is 53.5 Å². The van der Waals surface area contributed by atoms with Crippen LogP contribution in [0.25, 0.3) is 0 Å². The molecule has 5 heterocycles. The maximum Gasteiger partial charge on any atom is 0.338 e. The Morgan fingerprint density at radius 3 is 2.61 bits per heavy atom. The quantitative estimate of drug-likeness (QED) is 0.422. The van der Waals surface area contributed by atoms with Gasteiger partial charge in [0, 0.05) is 79.2 Å². The Morgan fingerprint density at radius 2 is 1.93 bits per heavy atom. The fraction of sp³-hybridized carbons (Fsp3) is 0.516. The van der Waals surface area contributed by atoms with Crippen molar-refractivity contribution in [1.29, 1.82) is 0 Å². The summed E-state index contributed by atoms with van der Waals surface area (Å²) in [5, 5.41) is 5.94. The number of likely N-dealkylation sites (tertiary alicyclic amines) is 1. The van der Waals surface area contributed by atoms with Gasteiger partial charge in [-0.3, -0.25) is 19.6 Å². The Labute approximate surface area is 275 Å². The minimum atomic E-state index is -0.852. The normalized spacial score (nSPS) is 25.5. The molecule has 1 N–H and O–H groups in total. The lowest BCUT2D eigenvalue weighted by atomic mass is 9.95. The number of nitrogens with zero attached hydrogens (tertiary/aromatic N) is 6. The number of nitrogens with one attached hydrogen (secondary N) is 1. The third-order valence-corrected chi connectivity index (χ3v) is 10.3. The second-order valence-corrected chi connectivity index (χ2v) is 13.4. The molecule has 1 aromatic carbocycles. The number of piperazine rings is 1. The van der Waals surface area contributed by atoms with Gasteiger partial charge in [-0.15, -0.1) is 11.3 Å². The number of ether oxygens (including phenoxy) is 2. The number of aliphatic imine (C=N–C) groups is 1. The second kappa shape index (κ2) is 13.3. The number of halogens is 2. The van der Waals surface area contributed by atoms with Crippen LogP contribution in [0.1, 0.15) is 36.9 Å². The van der Waals surface area contributed by atoms with Gasteiger partial charge in [0.2, 0.25) is 0 Å². The number of hydrogen-bond acceptors (Lipinski definition) is 11. The van der Waals surface area contributed by atoms with E-state index in [0.717, 1.165) is 0 Å². The van der Waals surface area contributed by atoms with E-state index in [1.165, 1.54) is 43.8 Å². The van der Waals surface area contributed by atoms with Crippen LogP contribution in [-0.2, 0) is 19.1 Å². The average molecular weight is 674 g/mol. The fourth-order valence-corrected chi connectivity index (χ4v) is 7.80. The van der Waals surface area contributed by atoms with Gasteiger partial charge in [-0.25, -0.2) is 19.0 Å². The molecular formula is C31H37ClFN7O5S. The number of esters is 2. The lowest BCUT2D eigenvalue weighted by Crippen LogP contribution is -2.53. The lowest BCUT2D eigenvalue weighted by molar-refractivity contribution is -0.146. The SMILES string of the molecule is COC(=O)C1=C(CN2CCN3C(=O)N([C@@H]4C[C@@H](C(=O)OC)N(C(C)C)C4)CC3C2)NC(c2nccs2)=NC1c1ccc(F)cc1Cl. The number of rotatable bonds is 8. The summed E-state index contributed by atoms with van der Waals surface area (Å²) in [6.45, 7) is 7.25. The molecule has 4 aliphatic heterocycles. The third-order valence-electron chi connectivity index (χ3n) is 9.17. The van der Waals surface area contributed by atoms with Crippen LogP contribution >= 0.6 is 22.9 Å². The summed E-state index contributed by atoms with van der Waals surface area (Å²) in [5.74, 6) is -0.877. The molecule has 0 radical (unpaired) electrons. The maximum atomic E-state index is 14.0. The van der Waals surface area contributed by atoms with Gasteiger partial charge < -0.3 is 24.6 Å². The molecule has 1 aromatic heterocycles. The Hall–Kier alpha value is -3.59. The highest BCUT2D eigenvalue weighted by Crippen LogP contribution is 2.37. The van der Waals surface area contributed by atoms with Crippen LogP contribution in [-0.4, -0.2) is 126 Å². The van der Waals surface area contributed by atoms with Crippen molar-refractivity contribution in [1.82, 2.24) is 29.9 Å². The molecule has 2 aromatic rings. The maximum absolute atomic E-state index is 14.0. The first-order valence-electron chi connectivity index (χ1n) is 15.2. The number of aromatic nitrogens is 1. The molecule has 4 atom stereocenters. The highest BCUT2D eigenvalue weighted by molar-refractivity contribution is 7.11. The molecular weight excluding hydrogens is 637 g/mol. The first-order chi connectivity index (χ1) is 22.1. The topological polar surface area (TPSA) is 120 Å². The van der Waals surface area contributed by atoms with Crippen molar-refractivity contribution in [3.8, 4) is 0 Å². The van der Waals surface area contributed by atoms with Crippen molar-refractivity contribution in [3.05, 3.63) is 62.5 Å². The van der Waals surface area contributed by atoms with E-state index in [1.807, 2.05) is 29.0 Å². The van der Waals surface area contributed by atoms with Crippen molar-refractivity contribution >= 4 is 46.7 Å². The van der Waals surface area contributed by atoms with Crippen LogP contribution in [0.4, 0.5) is 9.18 Å². The van der Waals surface area contributed by atoms with Crippen LogP contribution in [0, 0.1) is 5.82 Å². The van der Waals surface area contributed by atoms with Gasteiger partial charge in [0.25, 0.3) is 0 Å². The summed E-state index contributed by atoms with van der Waals surface area (Å²) < 4.78 is 24.3. The van der Waals surface area contributed by atoms with Gasteiger partial charge >= 0.3 is 18.0 Å². The lowest BCUT2D eigenvalue weighted by Gasteiger charge is -2.38. The summed E-state index contributed by atoms with van der Waals surface area (Å²) in [6, 6.07) is 2.75. The molecule has 0 spiro atoms. The molecule has 46 heavy (non-hydrogen) atoms. The van der Waals surface area contributed by atoms with E-state index in [-0.39, 0.29) is 46.8 Å². The molecule has 246 valence electrons. The zero-order chi connectivity index (χ0) is 32.7. The number of thiazole rings is 1. The number of carbonyl (C=O) groups is 3.